The molecule has 5 rings (SSSR count). The van der Waals surface area contributed by atoms with Gasteiger partial charge >= 0.3 is 0 Å². The van der Waals surface area contributed by atoms with E-state index in [0.717, 1.165) is 32.4 Å². The van der Waals surface area contributed by atoms with Gasteiger partial charge < -0.3 is 20.9 Å². The third-order valence-corrected chi connectivity index (χ3v) is 7.43. The third kappa shape index (κ3) is 4.78. The molecule has 3 aliphatic rings. The average molecular weight is 475 g/mol. The number of likely N-dealkylation sites (tertiary alicyclic amines) is 2. The number of primary amides is 1. The Morgan fingerprint density at radius 3 is 1.94 bits per heavy atom. The Morgan fingerprint density at radius 2 is 1.34 bits per heavy atom. The number of carbonyl (C=O) groups excluding carboxylic acids is 4. The van der Waals surface area contributed by atoms with Gasteiger partial charge in [0.15, 0.2) is 0 Å². The van der Waals surface area contributed by atoms with E-state index in [9.17, 15) is 19.2 Å². The maximum atomic E-state index is 13.1. The Kier molecular flexibility index (Phi) is 6.28. The van der Waals surface area contributed by atoms with Gasteiger partial charge in [-0.1, -0.05) is 30.3 Å². The maximum Gasteiger partial charge on any atom is 0.253 e. The lowest BCUT2D eigenvalue weighted by Crippen LogP contribution is -2.40. The van der Waals surface area contributed by atoms with E-state index >= 15 is 0 Å². The SMILES string of the molecule is NC(=O)[C@@H]1CN(C(=O)c2ccc(C(=O)N3CCCC3)cc2)C[C@H]1C(=O)N[C@H]1C[C@@H]1c1ccccc1. The fourth-order valence-electron chi connectivity index (χ4n) is 5.28. The normalized spacial score (nSPS) is 25.4. The summed E-state index contributed by atoms with van der Waals surface area (Å²) in [6.45, 7) is 1.76. The fourth-order valence-corrected chi connectivity index (χ4v) is 5.28. The largest absolute Gasteiger partial charge is 0.369 e. The number of hydrogen-bond acceptors (Lipinski definition) is 4. The van der Waals surface area contributed by atoms with Gasteiger partial charge in [-0.2, -0.15) is 0 Å². The monoisotopic (exact) mass is 474 g/mol. The summed E-state index contributed by atoms with van der Waals surface area (Å²) in [5, 5.41) is 3.05. The van der Waals surface area contributed by atoms with Crippen LogP contribution in [0, 0.1) is 11.8 Å². The van der Waals surface area contributed by atoms with Crippen LogP contribution in [0.25, 0.3) is 0 Å². The van der Waals surface area contributed by atoms with Crippen LogP contribution in [0.4, 0.5) is 0 Å². The molecular weight excluding hydrogens is 444 g/mol. The molecule has 2 heterocycles. The van der Waals surface area contributed by atoms with Crippen molar-refractivity contribution >= 4 is 23.6 Å². The van der Waals surface area contributed by atoms with Crippen LogP contribution in [0.3, 0.4) is 0 Å². The van der Waals surface area contributed by atoms with Crippen molar-refractivity contribution in [2.75, 3.05) is 26.2 Å². The standard InChI is InChI=1S/C27H30N4O4/c28-24(32)21-15-31(16-22(21)25(33)29-23-14-20(23)17-6-2-1-3-7-17)27(35)19-10-8-18(9-11-19)26(34)30-12-4-5-13-30/h1-3,6-11,20-23H,4-5,12-16H2,(H2,28,32)(H,29,33)/t20-,21-,22-,23+/m1/s1. The first-order chi connectivity index (χ1) is 16.9. The van der Waals surface area contributed by atoms with Gasteiger partial charge in [-0.15, -0.1) is 0 Å². The van der Waals surface area contributed by atoms with Crippen molar-refractivity contribution in [3.8, 4) is 0 Å². The van der Waals surface area contributed by atoms with Crippen molar-refractivity contribution in [1.29, 1.82) is 0 Å². The van der Waals surface area contributed by atoms with Crippen molar-refractivity contribution in [1.82, 2.24) is 15.1 Å². The number of nitrogens with zero attached hydrogens (tertiary/aromatic N) is 2. The first-order valence-corrected chi connectivity index (χ1v) is 12.3. The van der Waals surface area contributed by atoms with Crippen LogP contribution in [0.1, 0.15) is 51.5 Å². The third-order valence-electron chi connectivity index (χ3n) is 7.43. The highest BCUT2D eigenvalue weighted by molar-refractivity contribution is 5.99. The number of carbonyl (C=O) groups is 4. The second-order valence-corrected chi connectivity index (χ2v) is 9.77. The molecule has 2 aromatic carbocycles. The molecule has 4 atom stereocenters. The van der Waals surface area contributed by atoms with Gasteiger partial charge in [0.1, 0.15) is 0 Å². The number of benzene rings is 2. The molecular formula is C27H30N4O4. The van der Waals surface area contributed by atoms with Gasteiger partial charge in [-0.3, -0.25) is 19.2 Å². The summed E-state index contributed by atoms with van der Waals surface area (Å²) >= 11 is 0. The average Bonchev–Trinajstić information content (AvgIpc) is 3.27. The number of amides is 4. The van der Waals surface area contributed by atoms with Gasteiger partial charge in [-0.25, -0.2) is 0 Å². The second kappa shape index (κ2) is 9.52. The molecule has 2 aliphatic heterocycles. The molecule has 0 radical (unpaired) electrons. The topological polar surface area (TPSA) is 113 Å². The predicted molar refractivity (Wildman–Crippen MR) is 129 cm³/mol. The Labute approximate surface area is 204 Å². The quantitative estimate of drug-likeness (QED) is 0.664. The number of hydrogen-bond donors (Lipinski definition) is 2. The summed E-state index contributed by atoms with van der Waals surface area (Å²) in [5.41, 5.74) is 7.75. The number of nitrogens with two attached hydrogens (primary N) is 1. The van der Waals surface area contributed by atoms with E-state index in [4.69, 9.17) is 5.73 Å². The Morgan fingerprint density at radius 1 is 0.771 bits per heavy atom. The van der Waals surface area contributed by atoms with Crippen LogP contribution in [0.15, 0.2) is 54.6 Å². The second-order valence-electron chi connectivity index (χ2n) is 9.77. The van der Waals surface area contributed by atoms with Crippen molar-refractivity contribution in [3.05, 3.63) is 71.3 Å². The van der Waals surface area contributed by atoms with Crippen LogP contribution in [0.5, 0.6) is 0 Å². The first kappa shape index (κ1) is 23.1. The lowest BCUT2D eigenvalue weighted by molar-refractivity contribution is -0.131. The van der Waals surface area contributed by atoms with E-state index in [1.165, 1.54) is 10.5 Å². The summed E-state index contributed by atoms with van der Waals surface area (Å²) in [6, 6.07) is 16.6. The Bertz CT molecular complexity index is 1130. The minimum absolute atomic E-state index is 0.0259. The van der Waals surface area contributed by atoms with Crippen LogP contribution in [-0.2, 0) is 9.59 Å². The summed E-state index contributed by atoms with van der Waals surface area (Å²) in [5.74, 6) is -2.26. The van der Waals surface area contributed by atoms with Crippen molar-refractivity contribution in [2.24, 2.45) is 17.6 Å². The van der Waals surface area contributed by atoms with E-state index in [1.54, 1.807) is 24.3 Å². The smallest absolute Gasteiger partial charge is 0.253 e. The lowest BCUT2D eigenvalue weighted by Gasteiger charge is -2.18. The molecule has 35 heavy (non-hydrogen) atoms. The maximum absolute atomic E-state index is 13.1. The zero-order chi connectivity index (χ0) is 24.5. The van der Waals surface area contributed by atoms with E-state index in [2.05, 4.69) is 5.32 Å². The van der Waals surface area contributed by atoms with E-state index in [0.29, 0.717) is 11.1 Å². The lowest BCUT2D eigenvalue weighted by atomic mass is 9.94. The number of rotatable bonds is 6. The Balaban J connectivity index is 1.22. The molecule has 0 spiro atoms. The summed E-state index contributed by atoms with van der Waals surface area (Å²) in [4.78, 5) is 54.2. The fraction of sp³-hybridized carbons (Fsp3) is 0.407. The predicted octanol–water partition coefficient (Wildman–Crippen LogP) is 1.77. The molecule has 3 fully saturated rings. The van der Waals surface area contributed by atoms with Crippen LogP contribution < -0.4 is 11.1 Å². The first-order valence-electron chi connectivity index (χ1n) is 12.3. The highest BCUT2D eigenvalue weighted by Crippen LogP contribution is 2.41. The van der Waals surface area contributed by atoms with Gasteiger partial charge in [0.25, 0.3) is 11.8 Å². The molecule has 0 unspecified atom stereocenters. The molecule has 2 aromatic rings. The minimum Gasteiger partial charge on any atom is -0.369 e. The van der Waals surface area contributed by atoms with Crippen molar-refractivity contribution in [3.63, 3.8) is 0 Å². The number of nitrogens with one attached hydrogen (secondary N) is 1. The van der Waals surface area contributed by atoms with E-state index in [-0.39, 0.29) is 42.8 Å². The highest BCUT2D eigenvalue weighted by atomic mass is 16.2. The molecule has 0 bridgehead atoms. The molecule has 2 saturated heterocycles. The highest BCUT2D eigenvalue weighted by Gasteiger charge is 2.46. The zero-order valence-electron chi connectivity index (χ0n) is 19.6. The van der Waals surface area contributed by atoms with Gasteiger partial charge in [-0.05, 0) is 49.1 Å². The van der Waals surface area contributed by atoms with Crippen molar-refractivity contribution in [2.45, 2.75) is 31.2 Å². The minimum atomic E-state index is -0.733. The molecule has 8 nitrogen and oxygen atoms in total. The zero-order valence-corrected chi connectivity index (χ0v) is 19.6. The Hall–Kier alpha value is -3.68. The van der Waals surface area contributed by atoms with Crippen molar-refractivity contribution < 1.29 is 19.2 Å². The van der Waals surface area contributed by atoms with E-state index < -0.39 is 17.7 Å². The van der Waals surface area contributed by atoms with Crippen LogP contribution >= 0.6 is 0 Å². The molecule has 1 saturated carbocycles. The molecule has 1 aliphatic carbocycles. The summed E-state index contributed by atoms with van der Waals surface area (Å²) in [7, 11) is 0. The molecule has 182 valence electrons. The van der Waals surface area contributed by atoms with Crippen LogP contribution in [0.2, 0.25) is 0 Å². The van der Waals surface area contributed by atoms with Gasteiger partial charge in [0.2, 0.25) is 11.8 Å². The molecule has 0 aromatic heterocycles. The summed E-state index contributed by atoms with van der Waals surface area (Å²) in [6.07, 6.45) is 2.89. The van der Waals surface area contributed by atoms with E-state index in [1.807, 2.05) is 35.2 Å². The van der Waals surface area contributed by atoms with Gasteiger partial charge in [0.05, 0.1) is 11.8 Å². The summed E-state index contributed by atoms with van der Waals surface area (Å²) < 4.78 is 0. The molecule has 4 amide bonds. The van der Waals surface area contributed by atoms with Gasteiger partial charge in [0, 0.05) is 49.3 Å². The molecule has 8 heteroatoms. The van der Waals surface area contributed by atoms with Crippen LogP contribution in [-0.4, -0.2) is 65.6 Å². The molecule has 3 N–H and O–H groups in total.